The van der Waals surface area contributed by atoms with E-state index in [1.165, 1.54) is 16.9 Å². The monoisotopic (exact) mass is 339 g/mol. The molecule has 124 valence electrons. The number of nitrogens with zero attached hydrogens (tertiary/aromatic N) is 1. The third-order valence-electron chi connectivity index (χ3n) is 3.96. The summed E-state index contributed by atoms with van der Waals surface area (Å²) in [4.78, 5) is 18.4. The minimum Gasteiger partial charge on any atom is -0.397 e. The number of nitrogens with two attached hydrogens (primary N) is 1. The maximum absolute atomic E-state index is 12.4. The lowest BCUT2D eigenvalue weighted by Gasteiger charge is -2.04. The van der Waals surface area contributed by atoms with Crippen molar-refractivity contribution in [3.8, 4) is 0 Å². The fraction of sp³-hybridized carbons (Fsp3) is 0.263. The van der Waals surface area contributed by atoms with E-state index in [9.17, 15) is 4.79 Å². The Balaban J connectivity index is 1.73. The Morgan fingerprint density at radius 2 is 1.96 bits per heavy atom. The molecule has 0 saturated heterocycles. The molecule has 0 atom stereocenters. The SMILES string of the molecule is CC(C)c1ccc2c(N)c(C(=O)NCCc3ccccc3)sc2n1. The number of anilines is 1. The van der Waals surface area contributed by atoms with Crippen molar-refractivity contribution < 1.29 is 4.79 Å². The summed E-state index contributed by atoms with van der Waals surface area (Å²) in [5, 5.41) is 3.81. The summed E-state index contributed by atoms with van der Waals surface area (Å²) in [6.45, 7) is 4.78. The molecule has 0 saturated carbocycles. The van der Waals surface area contributed by atoms with E-state index in [-0.39, 0.29) is 5.91 Å². The lowest BCUT2D eigenvalue weighted by Crippen LogP contribution is -2.25. The summed E-state index contributed by atoms with van der Waals surface area (Å²) in [6, 6.07) is 14.0. The third kappa shape index (κ3) is 3.41. The molecular formula is C19H21N3OS. The quantitative estimate of drug-likeness (QED) is 0.739. The number of fused-ring (bicyclic) bond motifs is 1. The average molecular weight is 339 g/mol. The minimum absolute atomic E-state index is 0.127. The summed E-state index contributed by atoms with van der Waals surface area (Å²) in [5.41, 5.74) is 8.89. The molecular weight excluding hydrogens is 318 g/mol. The minimum atomic E-state index is -0.127. The van der Waals surface area contributed by atoms with Gasteiger partial charge in [0.05, 0.1) is 5.69 Å². The molecule has 4 nitrogen and oxygen atoms in total. The van der Waals surface area contributed by atoms with Gasteiger partial charge in [-0.25, -0.2) is 4.98 Å². The molecule has 2 heterocycles. The Morgan fingerprint density at radius 1 is 1.21 bits per heavy atom. The molecule has 0 unspecified atom stereocenters. The molecule has 1 aromatic carbocycles. The normalized spacial score (nSPS) is 11.1. The highest BCUT2D eigenvalue weighted by atomic mass is 32.1. The van der Waals surface area contributed by atoms with E-state index in [1.54, 1.807) is 0 Å². The average Bonchev–Trinajstić information content (AvgIpc) is 2.92. The number of carbonyl (C=O) groups excluding carboxylic acids is 1. The second-order valence-corrected chi connectivity index (χ2v) is 7.08. The van der Waals surface area contributed by atoms with Crippen LogP contribution in [-0.4, -0.2) is 17.4 Å². The number of rotatable bonds is 5. The highest BCUT2D eigenvalue weighted by Gasteiger charge is 2.17. The second kappa shape index (κ2) is 7.01. The van der Waals surface area contributed by atoms with Crippen LogP contribution in [0.1, 0.15) is 40.7 Å². The Bertz CT molecular complexity index is 856. The fourth-order valence-electron chi connectivity index (χ4n) is 2.55. The van der Waals surface area contributed by atoms with Crippen LogP contribution in [0.4, 0.5) is 5.69 Å². The van der Waals surface area contributed by atoms with Crippen LogP contribution < -0.4 is 11.1 Å². The molecule has 5 heteroatoms. The van der Waals surface area contributed by atoms with Gasteiger partial charge < -0.3 is 11.1 Å². The maximum Gasteiger partial charge on any atom is 0.263 e. The van der Waals surface area contributed by atoms with Gasteiger partial charge in [0.25, 0.3) is 5.91 Å². The van der Waals surface area contributed by atoms with Crippen molar-refractivity contribution >= 4 is 33.1 Å². The largest absolute Gasteiger partial charge is 0.397 e. The van der Waals surface area contributed by atoms with Crippen molar-refractivity contribution in [1.29, 1.82) is 0 Å². The van der Waals surface area contributed by atoms with Crippen LogP contribution in [0.3, 0.4) is 0 Å². The first-order valence-electron chi connectivity index (χ1n) is 8.07. The lowest BCUT2D eigenvalue weighted by molar-refractivity contribution is 0.0959. The van der Waals surface area contributed by atoms with E-state index in [4.69, 9.17) is 5.73 Å². The van der Waals surface area contributed by atoms with E-state index in [1.807, 2.05) is 30.3 Å². The van der Waals surface area contributed by atoms with Crippen molar-refractivity contribution in [2.45, 2.75) is 26.2 Å². The zero-order valence-corrected chi connectivity index (χ0v) is 14.7. The maximum atomic E-state index is 12.4. The summed E-state index contributed by atoms with van der Waals surface area (Å²) in [6.07, 6.45) is 0.799. The molecule has 0 aliphatic heterocycles. The van der Waals surface area contributed by atoms with Crippen LogP contribution in [0, 0.1) is 0 Å². The van der Waals surface area contributed by atoms with Gasteiger partial charge >= 0.3 is 0 Å². The number of hydrogen-bond donors (Lipinski definition) is 2. The highest BCUT2D eigenvalue weighted by Crippen LogP contribution is 2.33. The molecule has 3 N–H and O–H groups in total. The summed E-state index contributed by atoms with van der Waals surface area (Å²) < 4.78 is 0. The molecule has 0 fully saturated rings. The number of benzene rings is 1. The molecule has 0 aliphatic rings. The van der Waals surface area contributed by atoms with Gasteiger partial charge in [0, 0.05) is 17.6 Å². The number of pyridine rings is 1. The van der Waals surface area contributed by atoms with Crippen LogP contribution in [0.25, 0.3) is 10.2 Å². The van der Waals surface area contributed by atoms with Gasteiger partial charge in [-0.2, -0.15) is 0 Å². The Kier molecular flexibility index (Phi) is 4.81. The van der Waals surface area contributed by atoms with E-state index in [0.717, 1.165) is 22.3 Å². The summed E-state index contributed by atoms with van der Waals surface area (Å²) >= 11 is 1.36. The molecule has 2 aromatic heterocycles. The van der Waals surface area contributed by atoms with Gasteiger partial charge in [-0.3, -0.25) is 4.79 Å². The molecule has 1 amide bonds. The first kappa shape index (κ1) is 16.5. The molecule has 0 aliphatic carbocycles. The Hall–Kier alpha value is -2.40. The van der Waals surface area contributed by atoms with Crippen LogP contribution >= 0.6 is 11.3 Å². The van der Waals surface area contributed by atoms with Crippen molar-refractivity contribution in [3.63, 3.8) is 0 Å². The highest BCUT2D eigenvalue weighted by molar-refractivity contribution is 7.21. The number of nitrogen functional groups attached to an aromatic ring is 1. The molecule has 0 spiro atoms. The Labute approximate surface area is 145 Å². The van der Waals surface area contributed by atoms with Crippen molar-refractivity contribution in [3.05, 3.63) is 58.6 Å². The third-order valence-corrected chi connectivity index (χ3v) is 5.07. The summed E-state index contributed by atoms with van der Waals surface area (Å²) in [7, 11) is 0. The van der Waals surface area contributed by atoms with E-state index in [0.29, 0.717) is 23.0 Å². The van der Waals surface area contributed by atoms with Crippen LogP contribution in [0.2, 0.25) is 0 Å². The smallest absolute Gasteiger partial charge is 0.263 e. The first-order chi connectivity index (χ1) is 11.6. The van der Waals surface area contributed by atoms with Crippen molar-refractivity contribution in [2.75, 3.05) is 12.3 Å². The molecule has 3 aromatic rings. The van der Waals surface area contributed by atoms with Crippen molar-refractivity contribution in [1.82, 2.24) is 10.3 Å². The standard InChI is InChI=1S/C19H21N3OS/c1-12(2)15-9-8-14-16(20)17(24-19(14)22-15)18(23)21-11-10-13-6-4-3-5-7-13/h3-9,12H,10-11,20H2,1-2H3,(H,21,23). The zero-order valence-electron chi connectivity index (χ0n) is 13.9. The number of carbonyl (C=O) groups is 1. The predicted molar refractivity (Wildman–Crippen MR) is 101 cm³/mol. The zero-order chi connectivity index (χ0) is 17.1. The molecule has 0 bridgehead atoms. The van der Waals surface area contributed by atoms with Gasteiger partial charge in [0.15, 0.2) is 0 Å². The molecule has 24 heavy (non-hydrogen) atoms. The van der Waals surface area contributed by atoms with E-state index >= 15 is 0 Å². The van der Waals surface area contributed by atoms with Crippen molar-refractivity contribution in [2.24, 2.45) is 0 Å². The van der Waals surface area contributed by atoms with E-state index in [2.05, 4.69) is 36.3 Å². The van der Waals surface area contributed by atoms with Crippen LogP contribution in [-0.2, 0) is 6.42 Å². The molecule has 3 rings (SSSR count). The number of thiophene rings is 1. The molecule has 0 radical (unpaired) electrons. The fourth-order valence-corrected chi connectivity index (χ4v) is 3.56. The lowest BCUT2D eigenvalue weighted by atomic mass is 10.1. The van der Waals surface area contributed by atoms with Crippen LogP contribution in [0.5, 0.6) is 0 Å². The summed E-state index contributed by atoms with van der Waals surface area (Å²) in [5.74, 6) is 0.221. The number of amides is 1. The van der Waals surface area contributed by atoms with Gasteiger partial charge in [-0.15, -0.1) is 11.3 Å². The van der Waals surface area contributed by atoms with Gasteiger partial charge in [0.2, 0.25) is 0 Å². The van der Waals surface area contributed by atoms with Gasteiger partial charge in [-0.05, 0) is 30.0 Å². The number of hydrogen-bond acceptors (Lipinski definition) is 4. The Morgan fingerprint density at radius 3 is 2.67 bits per heavy atom. The predicted octanol–water partition coefficient (Wildman–Crippen LogP) is 3.97. The van der Waals surface area contributed by atoms with E-state index < -0.39 is 0 Å². The topological polar surface area (TPSA) is 68.0 Å². The van der Waals surface area contributed by atoms with Gasteiger partial charge in [-0.1, -0.05) is 44.2 Å². The number of aromatic nitrogens is 1. The number of nitrogens with one attached hydrogen (secondary N) is 1. The first-order valence-corrected chi connectivity index (χ1v) is 8.89. The second-order valence-electron chi connectivity index (χ2n) is 6.08. The van der Waals surface area contributed by atoms with Gasteiger partial charge in [0.1, 0.15) is 9.71 Å². The van der Waals surface area contributed by atoms with Crippen LogP contribution in [0.15, 0.2) is 42.5 Å².